The van der Waals surface area contributed by atoms with Crippen molar-refractivity contribution in [2.24, 2.45) is 0 Å². The molecule has 2 bridgehead atoms. The first-order valence-electron chi connectivity index (χ1n) is 5.90. The Morgan fingerprint density at radius 1 is 0.714 bits per heavy atom. The molecule has 14 heavy (non-hydrogen) atoms. The van der Waals surface area contributed by atoms with Gasteiger partial charge in [-0.1, -0.05) is 31.7 Å². The summed E-state index contributed by atoms with van der Waals surface area (Å²) in [6, 6.07) is 6.50. The van der Waals surface area contributed by atoms with Gasteiger partial charge in [-0.05, 0) is 37.8 Å². The van der Waals surface area contributed by atoms with Crippen LogP contribution >= 0.6 is 0 Å². The van der Waals surface area contributed by atoms with Crippen LogP contribution in [0.15, 0.2) is 18.2 Å². The van der Waals surface area contributed by atoms with Crippen LogP contribution in [0.4, 0.5) is 0 Å². The minimum atomic E-state index is 1.17. The molecule has 0 aliphatic carbocycles. The number of rotatable bonds is 0. The second kappa shape index (κ2) is 5.14. The number of fused-ring (bicyclic) bond motifs is 2. The molecule has 0 radical (unpaired) electrons. The molecule has 1 nitrogen and oxygen atoms in total. The van der Waals surface area contributed by atoms with Crippen LogP contribution in [0.2, 0.25) is 0 Å². The maximum atomic E-state index is 4.68. The van der Waals surface area contributed by atoms with Gasteiger partial charge in [0.15, 0.2) is 0 Å². The van der Waals surface area contributed by atoms with E-state index < -0.39 is 0 Å². The first-order valence-corrected chi connectivity index (χ1v) is 5.90. The van der Waals surface area contributed by atoms with Crippen molar-refractivity contribution in [1.82, 2.24) is 4.98 Å². The average molecular weight is 189 g/mol. The van der Waals surface area contributed by atoms with Gasteiger partial charge >= 0.3 is 0 Å². The fourth-order valence-corrected chi connectivity index (χ4v) is 2.13. The minimum Gasteiger partial charge on any atom is -0.258 e. The molecule has 0 spiro atoms. The standard InChI is InChI=1S/C13H19N/c1-2-4-6-9-13-11-7-10-12(14-13)8-5-3-1/h7,10-11H,1-6,8-9H2. The zero-order valence-electron chi connectivity index (χ0n) is 8.84. The Morgan fingerprint density at radius 2 is 1.21 bits per heavy atom. The SMILES string of the molecule is c1cc2nc(c1)CCCCCCCC2. The third-order valence-electron chi connectivity index (χ3n) is 2.98. The van der Waals surface area contributed by atoms with E-state index >= 15 is 0 Å². The second-order valence-electron chi connectivity index (χ2n) is 4.24. The first kappa shape index (κ1) is 9.70. The molecule has 0 atom stereocenters. The van der Waals surface area contributed by atoms with Crippen molar-refractivity contribution in [2.45, 2.75) is 51.4 Å². The molecule has 1 aromatic heterocycles. The molecule has 0 unspecified atom stereocenters. The maximum absolute atomic E-state index is 4.68. The molecule has 2 heterocycles. The number of aromatic nitrogens is 1. The highest BCUT2D eigenvalue weighted by Gasteiger charge is 2.01. The number of hydrogen-bond acceptors (Lipinski definition) is 1. The molecule has 1 aromatic rings. The van der Waals surface area contributed by atoms with E-state index in [0.717, 1.165) is 0 Å². The van der Waals surface area contributed by atoms with Crippen LogP contribution < -0.4 is 0 Å². The van der Waals surface area contributed by atoms with Crippen molar-refractivity contribution in [3.8, 4) is 0 Å². The molecular formula is C13H19N. The predicted octanol–water partition coefficient (Wildman–Crippen LogP) is 3.52. The lowest BCUT2D eigenvalue weighted by molar-refractivity contribution is 0.598. The van der Waals surface area contributed by atoms with Crippen molar-refractivity contribution >= 4 is 0 Å². The third-order valence-corrected chi connectivity index (χ3v) is 2.98. The van der Waals surface area contributed by atoms with E-state index in [1.54, 1.807) is 0 Å². The zero-order chi connectivity index (χ0) is 9.64. The van der Waals surface area contributed by atoms with Crippen LogP contribution in [0, 0.1) is 0 Å². The van der Waals surface area contributed by atoms with E-state index in [9.17, 15) is 0 Å². The summed E-state index contributed by atoms with van der Waals surface area (Å²) >= 11 is 0. The van der Waals surface area contributed by atoms with Gasteiger partial charge in [-0.25, -0.2) is 0 Å². The second-order valence-corrected chi connectivity index (χ2v) is 4.24. The van der Waals surface area contributed by atoms with Crippen molar-refractivity contribution in [3.05, 3.63) is 29.6 Å². The van der Waals surface area contributed by atoms with E-state index in [0.29, 0.717) is 0 Å². The van der Waals surface area contributed by atoms with Gasteiger partial charge in [0.1, 0.15) is 0 Å². The lowest BCUT2D eigenvalue weighted by Crippen LogP contribution is -1.95. The third kappa shape index (κ3) is 2.83. The lowest BCUT2D eigenvalue weighted by Gasteiger charge is -2.02. The molecule has 0 aromatic carbocycles. The van der Waals surface area contributed by atoms with Gasteiger partial charge in [-0.3, -0.25) is 4.98 Å². The van der Waals surface area contributed by atoms with E-state index in [2.05, 4.69) is 23.2 Å². The highest BCUT2D eigenvalue weighted by molar-refractivity contribution is 5.11. The fraction of sp³-hybridized carbons (Fsp3) is 0.615. The molecule has 0 amide bonds. The normalized spacial score (nSPS) is 18.6. The van der Waals surface area contributed by atoms with Gasteiger partial charge in [-0.2, -0.15) is 0 Å². The number of nitrogens with zero attached hydrogens (tertiary/aromatic N) is 1. The van der Waals surface area contributed by atoms with Crippen LogP contribution in [-0.4, -0.2) is 4.98 Å². The number of pyridine rings is 1. The Labute approximate surface area is 86.6 Å². The largest absolute Gasteiger partial charge is 0.258 e. The van der Waals surface area contributed by atoms with E-state index in [4.69, 9.17) is 0 Å². The molecule has 0 N–H and O–H groups in total. The van der Waals surface area contributed by atoms with Crippen LogP contribution in [-0.2, 0) is 12.8 Å². The monoisotopic (exact) mass is 189 g/mol. The van der Waals surface area contributed by atoms with Gasteiger partial charge in [0, 0.05) is 11.4 Å². The van der Waals surface area contributed by atoms with Gasteiger partial charge in [0.05, 0.1) is 0 Å². The van der Waals surface area contributed by atoms with E-state index in [-0.39, 0.29) is 0 Å². The minimum absolute atomic E-state index is 1.17. The number of hydrogen-bond donors (Lipinski definition) is 0. The molecule has 76 valence electrons. The summed E-state index contributed by atoms with van der Waals surface area (Å²) in [5, 5.41) is 0. The van der Waals surface area contributed by atoms with Crippen molar-refractivity contribution in [1.29, 1.82) is 0 Å². The van der Waals surface area contributed by atoms with Crippen LogP contribution in [0.3, 0.4) is 0 Å². The Balaban J connectivity index is 2.06. The van der Waals surface area contributed by atoms with Gasteiger partial charge in [-0.15, -0.1) is 0 Å². The first-order chi connectivity index (χ1) is 6.95. The highest BCUT2D eigenvalue weighted by Crippen LogP contribution is 2.13. The Kier molecular flexibility index (Phi) is 3.56. The van der Waals surface area contributed by atoms with Crippen LogP contribution in [0.25, 0.3) is 0 Å². The quantitative estimate of drug-likeness (QED) is 0.608. The summed E-state index contributed by atoms with van der Waals surface area (Å²) in [6.07, 6.45) is 10.6. The Bertz CT molecular complexity index is 255. The van der Waals surface area contributed by atoms with E-state index in [1.165, 1.54) is 62.8 Å². The Hall–Kier alpha value is -0.850. The topological polar surface area (TPSA) is 12.9 Å². The molecule has 0 saturated carbocycles. The van der Waals surface area contributed by atoms with Gasteiger partial charge in [0.2, 0.25) is 0 Å². The zero-order valence-corrected chi connectivity index (χ0v) is 8.84. The molecule has 1 aliphatic heterocycles. The van der Waals surface area contributed by atoms with Crippen molar-refractivity contribution in [3.63, 3.8) is 0 Å². The lowest BCUT2D eigenvalue weighted by atomic mass is 10.1. The summed E-state index contributed by atoms with van der Waals surface area (Å²) in [6.45, 7) is 0. The fourth-order valence-electron chi connectivity index (χ4n) is 2.13. The van der Waals surface area contributed by atoms with Crippen molar-refractivity contribution in [2.75, 3.05) is 0 Å². The summed E-state index contributed by atoms with van der Waals surface area (Å²) in [7, 11) is 0. The number of aryl methyl sites for hydroxylation is 2. The summed E-state index contributed by atoms with van der Waals surface area (Å²) < 4.78 is 0. The van der Waals surface area contributed by atoms with Crippen LogP contribution in [0.1, 0.15) is 49.9 Å². The van der Waals surface area contributed by atoms with Gasteiger partial charge < -0.3 is 0 Å². The molecule has 0 saturated heterocycles. The molecule has 1 aliphatic rings. The van der Waals surface area contributed by atoms with E-state index in [1.807, 2.05) is 0 Å². The summed E-state index contributed by atoms with van der Waals surface area (Å²) in [5.41, 5.74) is 2.59. The average Bonchev–Trinajstić information content (AvgIpc) is 2.25. The summed E-state index contributed by atoms with van der Waals surface area (Å²) in [5.74, 6) is 0. The molecule has 2 rings (SSSR count). The maximum Gasteiger partial charge on any atom is 0.0406 e. The Morgan fingerprint density at radius 3 is 1.79 bits per heavy atom. The smallest absolute Gasteiger partial charge is 0.0406 e. The summed E-state index contributed by atoms with van der Waals surface area (Å²) in [4.78, 5) is 4.68. The van der Waals surface area contributed by atoms with Crippen molar-refractivity contribution < 1.29 is 0 Å². The van der Waals surface area contributed by atoms with Crippen LogP contribution in [0.5, 0.6) is 0 Å². The predicted molar refractivity (Wildman–Crippen MR) is 59.3 cm³/mol. The highest BCUT2D eigenvalue weighted by atomic mass is 14.7. The molecular weight excluding hydrogens is 170 g/mol. The van der Waals surface area contributed by atoms with Gasteiger partial charge in [0.25, 0.3) is 0 Å². The molecule has 0 fully saturated rings. The molecule has 1 heteroatoms.